The molecular formula is C26H30FN3O3S. The zero-order valence-electron chi connectivity index (χ0n) is 19.3. The van der Waals surface area contributed by atoms with Gasteiger partial charge in [-0.15, -0.1) is 0 Å². The predicted molar refractivity (Wildman–Crippen MR) is 131 cm³/mol. The lowest BCUT2D eigenvalue weighted by Crippen LogP contribution is -2.45. The van der Waals surface area contributed by atoms with E-state index in [0.29, 0.717) is 30.2 Å². The monoisotopic (exact) mass is 483 g/mol. The summed E-state index contributed by atoms with van der Waals surface area (Å²) >= 11 is 0. The number of nitrogens with zero attached hydrogens (tertiary/aromatic N) is 2. The number of rotatable bonds is 9. The zero-order chi connectivity index (χ0) is 24.1. The summed E-state index contributed by atoms with van der Waals surface area (Å²) < 4.78 is 42.2. The average molecular weight is 484 g/mol. The quantitative estimate of drug-likeness (QED) is 0.456. The van der Waals surface area contributed by atoms with Gasteiger partial charge in [-0.2, -0.15) is 4.31 Å². The number of hydrogen-bond acceptors (Lipinski definition) is 5. The molecule has 1 aliphatic heterocycles. The van der Waals surface area contributed by atoms with Gasteiger partial charge in [-0.3, -0.25) is 9.78 Å². The van der Waals surface area contributed by atoms with E-state index in [9.17, 15) is 17.6 Å². The predicted octanol–water partition coefficient (Wildman–Crippen LogP) is 4.42. The number of benzene rings is 2. The number of ketones is 1. The average Bonchev–Trinajstić information content (AvgIpc) is 2.86. The van der Waals surface area contributed by atoms with Crippen molar-refractivity contribution >= 4 is 26.6 Å². The summed E-state index contributed by atoms with van der Waals surface area (Å²) in [6.45, 7) is 1.70. The van der Waals surface area contributed by atoms with E-state index < -0.39 is 10.0 Å². The number of carbonyl (C=O) groups is 1. The fourth-order valence-corrected chi connectivity index (χ4v) is 6.51. The van der Waals surface area contributed by atoms with Crippen molar-refractivity contribution in [3.8, 4) is 0 Å². The molecule has 1 aromatic heterocycles. The van der Waals surface area contributed by atoms with Crippen LogP contribution in [0.3, 0.4) is 0 Å². The second-order valence-corrected chi connectivity index (χ2v) is 10.8. The molecule has 8 heteroatoms. The van der Waals surface area contributed by atoms with E-state index in [1.54, 1.807) is 37.6 Å². The maximum absolute atomic E-state index is 13.8. The van der Waals surface area contributed by atoms with Crippen LogP contribution in [0.2, 0.25) is 0 Å². The standard InChI is InChI=1S/C26H30FN3O3S/c1-30(34(32,33)26-7-2-4-21-18-29-17-14-23(21)26)24(19-12-15-28-16-13-19)5-3-6-25(31)20-8-10-22(27)11-9-20/h2,4,7-11,14,17-19,24,28H,3,5-6,12-13,15-16H2,1H3. The first-order valence-electron chi connectivity index (χ1n) is 11.7. The molecule has 1 atom stereocenters. The molecule has 4 rings (SSSR count). The number of halogens is 1. The van der Waals surface area contributed by atoms with E-state index in [1.165, 1.54) is 28.6 Å². The number of nitrogens with one attached hydrogen (secondary N) is 1. The van der Waals surface area contributed by atoms with E-state index in [0.717, 1.165) is 31.3 Å². The molecule has 1 fully saturated rings. The third-order valence-electron chi connectivity index (χ3n) is 6.76. The molecule has 0 aliphatic carbocycles. The van der Waals surface area contributed by atoms with Crippen molar-refractivity contribution in [2.45, 2.75) is 43.0 Å². The second-order valence-electron chi connectivity index (χ2n) is 8.85. The van der Waals surface area contributed by atoms with Crippen molar-refractivity contribution < 1.29 is 17.6 Å². The van der Waals surface area contributed by atoms with Gasteiger partial charge in [-0.05, 0) is 81.1 Å². The van der Waals surface area contributed by atoms with Crippen LogP contribution in [0.4, 0.5) is 4.39 Å². The Hall–Kier alpha value is -2.68. The van der Waals surface area contributed by atoms with Crippen LogP contribution in [0.25, 0.3) is 10.8 Å². The minimum absolute atomic E-state index is 0.0591. The van der Waals surface area contributed by atoms with Crippen molar-refractivity contribution in [2.24, 2.45) is 5.92 Å². The summed E-state index contributed by atoms with van der Waals surface area (Å²) in [6.07, 6.45) is 6.48. The normalized spacial score (nSPS) is 16.1. The SMILES string of the molecule is CN(C(CCCC(=O)c1ccc(F)cc1)C1CCNCC1)S(=O)(=O)c1cccc2cnccc12. The van der Waals surface area contributed by atoms with Gasteiger partial charge in [-0.1, -0.05) is 12.1 Å². The van der Waals surface area contributed by atoms with Crippen LogP contribution < -0.4 is 5.32 Å². The van der Waals surface area contributed by atoms with E-state index in [2.05, 4.69) is 10.3 Å². The summed E-state index contributed by atoms with van der Waals surface area (Å²) in [7, 11) is -2.11. The number of sulfonamides is 1. The summed E-state index contributed by atoms with van der Waals surface area (Å²) in [4.78, 5) is 17.0. The lowest BCUT2D eigenvalue weighted by Gasteiger charge is -2.36. The Labute approximate surface area is 200 Å². The molecule has 6 nitrogen and oxygen atoms in total. The van der Waals surface area contributed by atoms with Crippen LogP contribution in [0, 0.1) is 11.7 Å². The molecule has 3 aromatic rings. The molecule has 1 saturated heterocycles. The minimum atomic E-state index is -3.76. The zero-order valence-corrected chi connectivity index (χ0v) is 20.1. The number of hydrogen-bond donors (Lipinski definition) is 1. The van der Waals surface area contributed by atoms with Crippen LogP contribution in [-0.2, 0) is 10.0 Å². The third kappa shape index (κ3) is 5.35. The fraction of sp³-hybridized carbons (Fsp3) is 0.385. The summed E-state index contributed by atoms with van der Waals surface area (Å²) in [5, 5.41) is 4.77. The van der Waals surface area contributed by atoms with Crippen LogP contribution in [0.15, 0.2) is 65.8 Å². The molecule has 0 radical (unpaired) electrons. The lowest BCUT2D eigenvalue weighted by molar-refractivity contribution is 0.0974. The maximum atomic E-state index is 13.8. The minimum Gasteiger partial charge on any atom is -0.317 e. The molecule has 2 aromatic carbocycles. The molecule has 0 amide bonds. The highest BCUT2D eigenvalue weighted by molar-refractivity contribution is 7.89. The Bertz CT molecular complexity index is 1240. The van der Waals surface area contributed by atoms with Crippen molar-refractivity contribution in [3.05, 3.63) is 72.3 Å². The molecule has 1 unspecified atom stereocenters. The van der Waals surface area contributed by atoms with Gasteiger partial charge >= 0.3 is 0 Å². The van der Waals surface area contributed by atoms with Crippen LogP contribution >= 0.6 is 0 Å². The lowest BCUT2D eigenvalue weighted by atomic mass is 9.87. The van der Waals surface area contributed by atoms with E-state index in [1.807, 2.05) is 6.07 Å². The number of piperidine rings is 1. The van der Waals surface area contributed by atoms with Gasteiger partial charge in [0.1, 0.15) is 5.82 Å². The number of carbonyl (C=O) groups excluding carboxylic acids is 1. The molecule has 1 N–H and O–H groups in total. The first-order valence-corrected chi connectivity index (χ1v) is 13.1. The molecular weight excluding hydrogens is 453 g/mol. The van der Waals surface area contributed by atoms with Crippen LogP contribution in [-0.4, -0.2) is 49.7 Å². The van der Waals surface area contributed by atoms with Gasteiger partial charge in [0, 0.05) is 48.2 Å². The highest BCUT2D eigenvalue weighted by Crippen LogP contribution is 2.31. The molecule has 0 spiro atoms. The highest BCUT2D eigenvalue weighted by atomic mass is 32.2. The maximum Gasteiger partial charge on any atom is 0.243 e. The van der Waals surface area contributed by atoms with E-state index >= 15 is 0 Å². The Kier molecular flexibility index (Phi) is 7.70. The number of fused-ring (bicyclic) bond motifs is 1. The van der Waals surface area contributed by atoms with Gasteiger partial charge in [0.2, 0.25) is 10.0 Å². The molecule has 180 valence electrons. The van der Waals surface area contributed by atoms with Crippen molar-refractivity contribution in [1.82, 2.24) is 14.6 Å². The van der Waals surface area contributed by atoms with Crippen molar-refractivity contribution in [3.63, 3.8) is 0 Å². The second kappa shape index (κ2) is 10.7. The molecule has 0 bridgehead atoms. The Balaban J connectivity index is 1.55. The van der Waals surface area contributed by atoms with Gasteiger partial charge < -0.3 is 5.32 Å². The van der Waals surface area contributed by atoms with E-state index in [4.69, 9.17) is 0 Å². The summed E-state index contributed by atoms with van der Waals surface area (Å²) in [5.74, 6) is -0.228. The Morgan fingerprint density at radius 3 is 2.62 bits per heavy atom. The van der Waals surface area contributed by atoms with Gasteiger partial charge in [0.05, 0.1) is 4.90 Å². The van der Waals surface area contributed by atoms with Gasteiger partial charge in [-0.25, -0.2) is 12.8 Å². The molecule has 34 heavy (non-hydrogen) atoms. The smallest absolute Gasteiger partial charge is 0.243 e. The van der Waals surface area contributed by atoms with Crippen molar-refractivity contribution in [2.75, 3.05) is 20.1 Å². The Morgan fingerprint density at radius 2 is 1.88 bits per heavy atom. The first-order chi connectivity index (χ1) is 16.4. The topological polar surface area (TPSA) is 79.4 Å². The fourth-order valence-electron chi connectivity index (χ4n) is 4.85. The Morgan fingerprint density at radius 1 is 1.15 bits per heavy atom. The third-order valence-corrected chi connectivity index (χ3v) is 8.70. The highest BCUT2D eigenvalue weighted by Gasteiger charge is 2.34. The van der Waals surface area contributed by atoms with Crippen LogP contribution in [0.5, 0.6) is 0 Å². The van der Waals surface area contributed by atoms with Crippen molar-refractivity contribution in [1.29, 1.82) is 0 Å². The molecule has 0 saturated carbocycles. The van der Waals surface area contributed by atoms with Gasteiger partial charge in [0.25, 0.3) is 0 Å². The number of aromatic nitrogens is 1. The van der Waals surface area contributed by atoms with Gasteiger partial charge in [0.15, 0.2) is 5.78 Å². The van der Waals surface area contributed by atoms with E-state index in [-0.39, 0.29) is 28.5 Å². The number of pyridine rings is 1. The molecule has 1 aliphatic rings. The molecule has 2 heterocycles. The largest absolute Gasteiger partial charge is 0.317 e. The first kappa shape index (κ1) is 24.4. The summed E-state index contributed by atoms with van der Waals surface area (Å²) in [6, 6.07) is 12.3. The van der Waals surface area contributed by atoms with Crippen LogP contribution in [0.1, 0.15) is 42.5 Å². The summed E-state index contributed by atoms with van der Waals surface area (Å²) in [5.41, 5.74) is 0.477. The number of Topliss-reactive ketones (excluding diaryl/α,β-unsaturated/α-hetero) is 1.